The summed E-state index contributed by atoms with van der Waals surface area (Å²) in [6.07, 6.45) is 11.5. The van der Waals surface area contributed by atoms with Crippen molar-refractivity contribution in [3.8, 4) is 0 Å². The first-order valence-corrected chi connectivity index (χ1v) is 9.66. The van der Waals surface area contributed by atoms with E-state index >= 15 is 0 Å². The van der Waals surface area contributed by atoms with Gasteiger partial charge < -0.3 is 0 Å². The Kier molecular flexibility index (Phi) is 6.70. The maximum absolute atomic E-state index is 12.8. The lowest BCUT2D eigenvalue weighted by Crippen LogP contribution is -2.13. The Morgan fingerprint density at radius 3 is 1.92 bits per heavy atom. The third kappa shape index (κ3) is 5.35. The highest BCUT2D eigenvalue weighted by atomic mass is 19.1. The summed E-state index contributed by atoms with van der Waals surface area (Å²) in [4.78, 5) is 0. The number of halogens is 1. The van der Waals surface area contributed by atoms with Crippen molar-refractivity contribution in [2.75, 3.05) is 0 Å². The fourth-order valence-electron chi connectivity index (χ4n) is 3.80. The quantitative estimate of drug-likeness (QED) is 0.428. The van der Waals surface area contributed by atoms with Crippen molar-refractivity contribution in [2.24, 2.45) is 16.1 Å². The highest BCUT2D eigenvalue weighted by molar-refractivity contribution is 5.82. The van der Waals surface area contributed by atoms with Crippen LogP contribution in [-0.4, -0.2) is 12.4 Å². The molecule has 0 aliphatic heterocycles. The summed E-state index contributed by atoms with van der Waals surface area (Å²) >= 11 is 0. The summed E-state index contributed by atoms with van der Waals surface area (Å²) in [5.41, 5.74) is 3.33. The summed E-state index contributed by atoms with van der Waals surface area (Å²) < 4.78 is 12.8. The Balaban J connectivity index is 1.52. The minimum atomic E-state index is -0.246. The van der Waals surface area contributed by atoms with Gasteiger partial charge in [0.1, 0.15) is 5.82 Å². The van der Waals surface area contributed by atoms with Gasteiger partial charge in [0.2, 0.25) is 0 Å². The molecule has 0 spiro atoms. The first-order chi connectivity index (χ1) is 12.7. The van der Waals surface area contributed by atoms with Gasteiger partial charge in [-0.1, -0.05) is 56.2 Å². The van der Waals surface area contributed by atoms with Crippen LogP contribution in [0.3, 0.4) is 0 Å². The van der Waals surface area contributed by atoms with E-state index in [4.69, 9.17) is 0 Å². The molecule has 2 aromatic carbocycles. The number of nitrogens with zero attached hydrogens (tertiary/aromatic N) is 2. The Hall–Kier alpha value is -2.29. The Morgan fingerprint density at radius 2 is 1.38 bits per heavy atom. The number of rotatable bonds is 6. The van der Waals surface area contributed by atoms with Crippen molar-refractivity contribution in [3.05, 3.63) is 71.0 Å². The van der Waals surface area contributed by atoms with Gasteiger partial charge in [0.05, 0.1) is 12.4 Å². The van der Waals surface area contributed by atoms with Crippen molar-refractivity contribution in [1.29, 1.82) is 0 Å². The number of benzene rings is 2. The molecule has 0 bridgehead atoms. The van der Waals surface area contributed by atoms with E-state index in [2.05, 4.69) is 41.4 Å². The van der Waals surface area contributed by atoms with E-state index in [0.29, 0.717) is 5.92 Å². The summed E-state index contributed by atoms with van der Waals surface area (Å²) in [5, 5.41) is 8.11. The van der Waals surface area contributed by atoms with Crippen LogP contribution in [0.25, 0.3) is 0 Å². The van der Waals surface area contributed by atoms with Crippen molar-refractivity contribution in [2.45, 2.75) is 51.4 Å². The van der Waals surface area contributed by atoms with Gasteiger partial charge in [0.15, 0.2) is 0 Å². The molecular formula is C23H27FN2. The van der Waals surface area contributed by atoms with Crippen LogP contribution in [0.15, 0.2) is 58.7 Å². The van der Waals surface area contributed by atoms with E-state index in [1.165, 1.54) is 56.2 Å². The molecule has 0 amide bonds. The molecule has 0 saturated heterocycles. The largest absolute Gasteiger partial charge is 0.207 e. The zero-order chi connectivity index (χ0) is 18.2. The maximum atomic E-state index is 12.8. The monoisotopic (exact) mass is 350 g/mol. The summed E-state index contributed by atoms with van der Waals surface area (Å²) in [5.74, 6) is 1.41. The lowest BCUT2D eigenvalue weighted by molar-refractivity contribution is 0.308. The molecule has 1 fully saturated rings. The SMILES string of the molecule is CCCC1CCC(c2ccc(/C=N/N=C/c3ccc(F)cc3)cc2)CC1. The molecule has 0 aromatic heterocycles. The zero-order valence-corrected chi connectivity index (χ0v) is 15.4. The molecule has 1 saturated carbocycles. The maximum Gasteiger partial charge on any atom is 0.123 e. The van der Waals surface area contributed by atoms with E-state index < -0.39 is 0 Å². The first kappa shape index (κ1) is 18.5. The van der Waals surface area contributed by atoms with Crippen LogP contribution < -0.4 is 0 Å². The molecule has 0 atom stereocenters. The van der Waals surface area contributed by atoms with E-state index in [0.717, 1.165) is 17.0 Å². The Morgan fingerprint density at radius 1 is 0.846 bits per heavy atom. The fourth-order valence-corrected chi connectivity index (χ4v) is 3.80. The van der Waals surface area contributed by atoms with E-state index in [-0.39, 0.29) is 5.82 Å². The van der Waals surface area contributed by atoms with Crippen molar-refractivity contribution < 1.29 is 4.39 Å². The summed E-state index contributed by atoms with van der Waals surface area (Å²) in [6, 6.07) is 14.9. The Bertz CT molecular complexity index is 724. The second kappa shape index (κ2) is 9.42. The van der Waals surface area contributed by atoms with Gasteiger partial charge in [-0.2, -0.15) is 10.2 Å². The minimum absolute atomic E-state index is 0.246. The predicted molar refractivity (Wildman–Crippen MR) is 108 cm³/mol. The molecule has 2 aromatic rings. The van der Waals surface area contributed by atoms with Gasteiger partial charge in [-0.05, 0) is 66.3 Å². The highest BCUT2D eigenvalue weighted by Gasteiger charge is 2.21. The van der Waals surface area contributed by atoms with Crippen LogP contribution in [0.1, 0.15) is 68.1 Å². The van der Waals surface area contributed by atoms with E-state index in [1.807, 2.05) is 0 Å². The molecule has 2 nitrogen and oxygen atoms in total. The van der Waals surface area contributed by atoms with Gasteiger partial charge in [-0.25, -0.2) is 4.39 Å². The normalized spacial score (nSPS) is 20.8. The summed E-state index contributed by atoms with van der Waals surface area (Å²) in [7, 11) is 0. The van der Waals surface area contributed by atoms with Crippen LogP contribution in [0.2, 0.25) is 0 Å². The average Bonchev–Trinajstić information content (AvgIpc) is 2.68. The standard InChI is InChI=1S/C23H27FN2/c1-2-3-18-4-10-21(11-5-18)22-12-6-19(7-13-22)16-25-26-17-20-8-14-23(24)15-9-20/h6-9,12-18,21H,2-5,10-11H2,1H3/b25-16+,26-17+. The highest BCUT2D eigenvalue weighted by Crippen LogP contribution is 2.37. The summed E-state index contributed by atoms with van der Waals surface area (Å²) in [6.45, 7) is 2.29. The second-order valence-corrected chi connectivity index (χ2v) is 7.21. The topological polar surface area (TPSA) is 24.7 Å². The molecule has 1 aliphatic rings. The van der Waals surface area contributed by atoms with Gasteiger partial charge in [-0.15, -0.1) is 0 Å². The Labute approximate surface area is 155 Å². The molecule has 26 heavy (non-hydrogen) atoms. The van der Waals surface area contributed by atoms with E-state index in [1.54, 1.807) is 24.6 Å². The first-order valence-electron chi connectivity index (χ1n) is 9.66. The number of hydrogen-bond acceptors (Lipinski definition) is 2. The fraction of sp³-hybridized carbons (Fsp3) is 0.391. The zero-order valence-electron chi connectivity index (χ0n) is 15.4. The van der Waals surface area contributed by atoms with Gasteiger partial charge in [-0.3, -0.25) is 0 Å². The van der Waals surface area contributed by atoms with Crippen LogP contribution in [-0.2, 0) is 0 Å². The van der Waals surface area contributed by atoms with Gasteiger partial charge in [0.25, 0.3) is 0 Å². The molecule has 0 radical (unpaired) electrons. The van der Waals surface area contributed by atoms with E-state index in [9.17, 15) is 4.39 Å². The predicted octanol–water partition coefficient (Wildman–Crippen LogP) is 6.35. The third-order valence-corrected chi connectivity index (χ3v) is 5.30. The lowest BCUT2D eigenvalue weighted by Gasteiger charge is -2.28. The molecule has 3 heteroatoms. The molecule has 1 aliphatic carbocycles. The van der Waals surface area contributed by atoms with Crippen LogP contribution in [0.5, 0.6) is 0 Å². The van der Waals surface area contributed by atoms with Crippen LogP contribution >= 0.6 is 0 Å². The third-order valence-electron chi connectivity index (χ3n) is 5.30. The average molecular weight is 350 g/mol. The van der Waals surface area contributed by atoms with Crippen molar-refractivity contribution in [3.63, 3.8) is 0 Å². The minimum Gasteiger partial charge on any atom is -0.207 e. The molecule has 0 heterocycles. The molecule has 0 N–H and O–H groups in total. The van der Waals surface area contributed by atoms with Crippen molar-refractivity contribution in [1.82, 2.24) is 0 Å². The molecule has 136 valence electrons. The molecule has 0 unspecified atom stereocenters. The number of hydrogen-bond donors (Lipinski definition) is 0. The lowest BCUT2D eigenvalue weighted by atomic mass is 9.77. The van der Waals surface area contributed by atoms with Crippen LogP contribution in [0.4, 0.5) is 4.39 Å². The van der Waals surface area contributed by atoms with Crippen LogP contribution in [0, 0.1) is 11.7 Å². The van der Waals surface area contributed by atoms with Crippen molar-refractivity contribution >= 4 is 12.4 Å². The van der Waals surface area contributed by atoms with Gasteiger partial charge in [0, 0.05) is 0 Å². The molecule has 3 rings (SSSR count). The smallest absolute Gasteiger partial charge is 0.123 e. The van der Waals surface area contributed by atoms with Gasteiger partial charge >= 0.3 is 0 Å². The molecular weight excluding hydrogens is 323 g/mol. The second-order valence-electron chi connectivity index (χ2n) is 7.21.